The van der Waals surface area contributed by atoms with Crippen molar-refractivity contribution in [1.82, 2.24) is 0 Å². The van der Waals surface area contributed by atoms with Gasteiger partial charge in [0.15, 0.2) is 41.7 Å². The van der Waals surface area contributed by atoms with Gasteiger partial charge in [-0.25, -0.2) is 4.79 Å². The highest BCUT2D eigenvalue weighted by Crippen LogP contribution is 2.32. The number of rotatable bonds is 10. The van der Waals surface area contributed by atoms with Gasteiger partial charge in [0.2, 0.25) is 0 Å². The third-order valence-corrected chi connectivity index (χ3v) is 7.27. The van der Waals surface area contributed by atoms with Gasteiger partial charge in [0.1, 0.15) is 36.6 Å². The molecule has 0 bridgehead atoms. The molecule has 44 heavy (non-hydrogen) atoms. The number of benzene rings is 2. The average Bonchev–Trinajstić information content (AvgIpc) is 2.99. The minimum Gasteiger partial charge on any atom is -0.504 e. The van der Waals surface area contributed by atoms with Crippen LogP contribution in [0.25, 0.3) is 6.08 Å². The van der Waals surface area contributed by atoms with E-state index in [2.05, 4.69) is 0 Å². The van der Waals surface area contributed by atoms with Crippen molar-refractivity contribution in [1.29, 1.82) is 0 Å². The lowest BCUT2D eigenvalue weighted by atomic mass is 9.97. The highest BCUT2D eigenvalue weighted by molar-refractivity contribution is 5.87. The number of aliphatic hydroxyl groups excluding tert-OH is 5. The maximum absolute atomic E-state index is 12.8. The predicted octanol–water partition coefficient (Wildman–Crippen LogP) is -1.02. The fourth-order valence-corrected chi connectivity index (χ4v) is 4.76. The molecule has 242 valence electrons. The van der Waals surface area contributed by atoms with Crippen molar-refractivity contribution in [2.24, 2.45) is 0 Å². The minimum atomic E-state index is -1.77. The number of carbonyl (C=O) groups is 1. The first-order valence-electron chi connectivity index (χ1n) is 13.7. The molecule has 2 aliphatic heterocycles. The van der Waals surface area contributed by atoms with E-state index in [0.717, 1.165) is 6.08 Å². The van der Waals surface area contributed by atoms with E-state index in [1.807, 2.05) is 0 Å². The van der Waals surface area contributed by atoms with Crippen LogP contribution in [-0.2, 0) is 34.9 Å². The topological polar surface area (TPSA) is 245 Å². The fraction of sp³-hybridized carbons (Fsp3) is 0.483. The number of phenols is 4. The summed E-state index contributed by atoms with van der Waals surface area (Å²) in [4.78, 5) is 12.8. The first kappa shape index (κ1) is 33.4. The van der Waals surface area contributed by atoms with Gasteiger partial charge in [0, 0.05) is 6.08 Å². The Morgan fingerprint density at radius 2 is 1.50 bits per heavy atom. The van der Waals surface area contributed by atoms with Crippen molar-refractivity contribution in [2.45, 2.75) is 74.8 Å². The molecule has 2 fully saturated rings. The summed E-state index contributed by atoms with van der Waals surface area (Å²) in [6.07, 6.45) is -12.6. The fourth-order valence-electron chi connectivity index (χ4n) is 4.76. The molecule has 4 unspecified atom stereocenters. The average molecular weight is 625 g/mol. The van der Waals surface area contributed by atoms with Crippen LogP contribution in [0.4, 0.5) is 0 Å². The van der Waals surface area contributed by atoms with E-state index in [1.165, 1.54) is 43.3 Å². The predicted molar refractivity (Wildman–Crippen MR) is 147 cm³/mol. The monoisotopic (exact) mass is 624 g/mol. The number of ether oxygens (including phenoxy) is 5. The first-order valence-corrected chi connectivity index (χ1v) is 13.7. The Bertz CT molecular complexity index is 1300. The molecule has 0 spiro atoms. The second-order valence-corrected chi connectivity index (χ2v) is 10.4. The van der Waals surface area contributed by atoms with Crippen molar-refractivity contribution < 1.29 is 74.4 Å². The highest BCUT2D eigenvalue weighted by Gasteiger charge is 2.52. The van der Waals surface area contributed by atoms with Crippen LogP contribution in [0.2, 0.25) is 0 Å². The Labute approximate surface area is 251 Å². The minimum absolute atomic E-state index is 0.0754. The Balaban J connectivity index is 1.52. The number of hydrogen-bond acceptors (Lipinski definition) is 15. The van der Waals surface area contributed by atoms with Gasteiger partial charge in [-0.15, -0.1) is 0 Å². The standard InChI is InChI=1S/C29H36O15/c1-13-22(36)23(37)24(38)29(41-13)44-27-25(39)28(40-9-8-15-3-6-17(32)19(34)11-15)42-20(12-30)26(27)43-21(35)7-4-14-2-5-16(31)18(33)10-14/h2-7,10-11,13,20,22-34,36-39H,8-9,12H2,1H3/b7-4+/t13?,20?,22-,23?,24-,25-,26-,27?,28+,29-/m0/s1. The van der Waals surface area contributed by atoms with Crippen LogP contribution in [0.15, 0.2) is 42.5 Å². The summed E-state index contributed by atoms with van der Waals surface area (Å²) >= 11 is 0. The van der Waals surface area contributed by atoms with Gasteiger partial charge >= 0.3 is 5.97 Å². The number of carbonyl (C=O) groups excluding carboxylic acids is 1. The molecule has 9 N–H and O–H groups in total. The first-order chi connectivity index (χ1) is 20.9. The van der Waals surface area contributed by atoms with Crippen LogP contribution < -0.4 is 0 Å². The molecule has 10 atom stereocenters. The molecular weight excluding hydrogens is 588 g/mol. The van der Waals surface area contributed by atoms with Crippen molar-refractivity contribution in [3.63, 3.8) is 0 Å². The summed E-state index contributed by atoms with van der Waals surface area (Å²) in [5, 5.41) is 90.5. The number of aromatic hydroxyl groups is 4. The molecular formula is C29H36O15. The molecule has 15 heteroatoms. The van der Waals surface area contributed by atoms with Gasteiger partial charge < -0.3 is 69.6 Å². The largest absolute Gasteiger partial charge is 0.504 e. The second kappa shape index (κ2) is 14.5. The molecule has 0 amide bonds. The van der Waals surface area contributed by atoms with E-state index < -0.39 is 79.7 Å². The molecule has 0 aromatic heterocycles. The van der Waals surface area contributed by atoms with Gasteiger partial charge in [0.25, 0.3) is 0 Å². The summed E-state index contributed by atoms with van der Waals surface area (Å²) in [6.45, 7) is 0.606. The van der Waals surface area contributed by atoms with Crippen LogP contribution in [0.5, 0.6) is 23.0 Å². The van der Waals surface area contributed by atoms with E-state index in [1.54, 1.807) is 6.07 Å². The zero-order chi connectivity index (χ0) is 32.1. The normalized spacial score (nSPS) is 32.5. The lowest BCUT2D eigenvalue weighted by Crippen LogP contribution is -2.65. The molecule has 4 rings (SSSR count). The summed E-state index contributed by atoms with van der Waals surface area (Å²) < 4.78 is 28.2. The van der Waals surface area contributed by atoms with Crippen molar-refractivity contribution >= 4 is 12.0 Å². The van der Waals surface area contributed by atoms with Crippen LogP contribution >= 0.6 is 0 Å². The van der Waals surface area contributed by atoms with E-state index in [0.29, 0.717) is 11.1 Å². The number of esters is 1. The summed E-state index contributed by atoms with van der Waals surface area (Å²) in [6, 6.07) is 7.98. The molecule has 2 aromatic rings. The van der Waals surface area contributed by atoms with Gasteiger partial charge in [-0.3, -0.25) is 0 Å². The maximum atomic E-state index is 12.8. The third-order valence-electron chi connectivity index (χ3n) is 7.27. The number of hydrogen-bond donors (Lipinski definition) is 9. The Hall–Kier alpha value is -3.51. The van der Waals surface area contributed by atoms with Gasteiger partial charge in [-0.05, 0) is 54.8 Å². The van der Waals surface area contributed by atoms with Gasteiger partial charge in [-0.1, -0.05) is 12.1 Å². The molecule has 2 heterocycles. The lowest BCUT2D eigenvalue weighted by Gasteiger charge is -2.46. The summed E-state index contributed by atoms with van der Waals surface area (Å²) in [7, 11) is 0. The van der Waals surface area contributed by atoms with Crippen molar-refractivity contribution in [3.8, 4) is 23.0 Å². The van der Waals surface area contributed by atoms with Crippen LogP contribution in [0, 0.1) is 0 Å². The molecule has 0 aliphatic carbocycles. The maximum Gasteiger partial charge on any atom is 0.331 e. The zero-order valence-corrected chi connectivity index (χ0v) is 23.5. The third kappa shape index (κ3) is 7.76. The summed E-state index contributed by atoms with van der Waals surface area (Å²) in [5.74, 6) is -2.40. The van der Waals surface area contributed by atoms with E-state index in [4.69, 9.17) is 23.7 Å². The van der Waals surface area contributed by atoms with Crippen LogP contribution in [0.3, 0.4) is 0 Å². The number of phenolic OH excluding ortho intramolecular Hbond substituents is 4. The highest BCUT2D eigenvalue weighted by atomic mass is 16.7. The van der Waals surface area contributed by atoms with Crippen molar-refractivity contribution in [2.75, 3.05) is 13.2 Å². The molecule has 15 nitrogen and oxygen atoms in total. The molecule has 2 aliphatic rings. The second-order valence-electron chi connectivity index (χ2n) is 10.4. The van der Waals surface area contributed by atoms with E-state index in [-0.39, 0.29) is 30.3 Å². The van der Waals surface area contributed by atoms with Gasteiger partial charge in [-0.2, -0.15) is 0 Å². The van der Waals surface area contributed by atoms with Crippen LogP contribution in [0.1, 0.15) is 18.1 Å². The van der Waals surface area contributed by atoms with Crippen molar-refractivity contribution in [3.05, 3.63) is 53.6 Å². The zero-order valence-electron chi connectivity index (χ0n) is 23.5. The SMILES string of the molecule is CC1O[C@@H](OC2[C@@H](OC(=O)/C=C/c3ccc(O)c(O)c3)C(CO)O[C@@H](OCCc3ccc(O)c(O)c3)[C@H]2O)[C@@H](O)C(O)[C@H]1O. The number of aliphatic hydroxyl groups is 5. The van der Waals surface area contributed by atoms with E-state index in [9.17, 15) is 50.8 Å². The quantitative estimate of drug-likeness (QED) is 0.0873. The van der Waals surface area contributed by atoms with E-state index >= 15 is 0 Å². The smallest absolute Gasteiger partial charge is 0.331 e. The van der Waals surface area contributed by atoms with Gasteiger partial charge in [0.05, 0.1) is 19.3 Å². The molecule has 0 saturated carbocycles. The molecule has 2 aromatic carbocycles. The molecule has 2 saturated heterocycles. The Morgan fingerprint density at radius 1 is 0.818 bits per heavy atom. The lowest BCUT2D eigenvalue weighted by molar-refractivity contribution is -0.357. The summed E-state index contributed by atoms with van der Waals surface area (Å²) in [5.41, 5.74) is 0.914. The Kier molecular flexibility index (Phi) is 11.0. The van der Waals surface area contributed by atoms with Crippen LogP contribution in [-0.4, -0.2) is 127 Å². The Morgan fingerprint density at radius 3 is 2.16 bits per heavy atom. The molecule has 0 radical (unpaired) electrons.